The first-order valence-corrected chi connectivity index (χ1v) is 9.00. The van der Waals surface area contributed by atoms with Crippen LogP contribution < -0.4 is 19.9 Å². The summed E-state index contributed by atoms with van der Waals surface area (Å²) in [6, 6.07) is 8.57. The number of hydrogen-bond acceptors (Lipinski definition) is 6. The maximum atomic E-state index is 6.00. The minimum atomic E-state index is 0.212. The highest BCUT2D eigenvalue weighted by molar-refractivity contribution is 5.92. The average Bonchev–Trinajstić information content (AvgIpc) is 3.14. The summed E-state index contributed by atoms with van der Waals surface area (Å²) < 4.78 is 16.5. The molecule has 6 nitrogen and oxygen atoms in total. The number of anilines is 1. The fourth-order valence-corrected chi connectivity index (χ4v) is 3.87. The first-order chi connectivity index (χ1) is 13.1. The molecule has 0 bridgehead atoms. The van der Waals surface area contributed by atoms with E-state index in [2.05, 4.69) is 28.2 Å². The average molecular weight is 365 g/mol. The maximum absolute atomic E-state index is 6.00. The SMILES string of the molecule is COc1cc2c(Cc3ccc4c(c3)CCC4)nc(N)nc2c(OC)c1OC. The lowest BCUT2D eigenvalue weighted by molar-refractivity contribution is 0.327. The lowest BCUT2D eigenvalue weighted by atomic mass is 10.0. The third kappa shape index (κ3) is 3.01. The molecule has 0 saturated heterocycles. The molecule has 1 heterocycles. The molecule has 140 valence electrons. The Morgan fingerprint density at radius 3 is 2.44 bits per heavy atom. The van der Waals surface area contributed by atoms with E-state index in [-0.39, 0.29) is 5.95 Å². The molecule has 3 aromatic rings. The van der Waals surface area contributed by atoms with E-state index in [1.807, 2.05) is 6.07 Å². The van der Waals surface area contributed by atoms with Crippen molar-refractivity contribution in [1.82, 2.24) is 9.97 Å². The molecule has 27 heavy (non-hydrogen) atoms. The molecule has 2 aromatic carbocycles. The van der Waals surface area contributed by atoms with Gasteiger partial charge in [0.05, 0.1) is 27.0 Å². The second kappa shape index (κ2) is 6.95. The molecule has 0 saturated carbocycles. The van der Waals surface area contributed by atoms with Gasteiger partial charge in [-0.15, -0.1) is 0 Å². The topological polar surface area (TPSA) is 79.5 Å². The number of benzene rings is 2. The Morgan fingerprint density at radius 1 is 0.926 bits per heavy atom. The number of ether oxygens (including phenoxy) is 3. The largest absolute Gasteiger partial charge is 0.493 e. The predicted molar refractivity (Wildman–Crippen MR) is 105 cm³/mol. The van der Waals surface area contributed by atoms with Crippen molar-refractivity contribution in [2.24, 2.45) is 0 Å². The fourth-order valence-electron chi connectivity index (χ4n) is 3.87. The van der Waals surface area contributed by atoms with Crippen LogP contribution in [0.5, 0.6) is 17.2 Å². The monoisotopic (exact) mass is 365 g/mol. The van der Waals surface area contributed by atoms with Crippen LogP contribution in [0.1, 0.15) is 28.8 Å². The second-order valence-corrected chi connectivity index (χ2v) is 6.70. The Labute approximate surface area is 158 Å². The predicted octanol–water partition coefficient (Wildman–Crippen LogP) is 3.32. The third-order valence-electron chi connectivity index (χ3n) is 5.13. The summed E-state index contributed by atoms with van der Waals surface area (Å²) in [5, 5.41) is 0.846. The van der Waals surface area contributed by atoms with Gasteiger partial charge in [0.1, 0.15) is 5.52 Å². The molecule has 0 unspecified atom stereocenters. The summed E-state index contributed by atoms with van der Waals surface area (Å²) in [5.41, 5.74) is 11.6. The summed E-state index contributed by atoms with van der Waals surface area (Å²) in [5.74, 6) is 1.78. The Bertz CT molecular complexity index is 1020. The van der Waals surface area contributed by atoms with E-state index in [4.69, 9.17) is 19.9 Å². The minimum Gasteiger partial charge on any atom is -0.493 e. The van der Waals surface area contributed by atoms with Crippen molar-refractivity contribution in [2.45, 2.75) is 25.7 Å². The van der Waals surface area contributed by atoms with Gasteiger partial charge in [0.15, 0.2) is 11.5 Å². The van der Waals surface area contributed by atoms with Crippen LogP contribution in [-0.4, -0.2) is 31.3 Å². The quantitative estimate of drug-likeness (QED) is 0.747. The van der Waals surface area contributed by atoms with Gasteiger partial charge in [-0.1, -0.05) is 18.2 Å². The van der Waals surface area contributed by atoms with Crippen LogP contribution in [0.4, 0.5) is 5.95 Å². The highest BCUT2D eigenvalue weighted by Gasteiger charge is 2.21. The van der Waals surface area contributed by atoms with Gasteiger partial charge < -0.3 is 19.9 Å². The highest BCUT2D eigenvalue weighted by atomic mass is 16.5. The van der Waals surface area contributed by atoms with Gasteiger partial charge in [-0.25, -0.2) is 9.97 Å². The molecule has 1 aromatic heterocycles. The zero-order chi connectivity index (χ0) is 19.0. The van der Waals surface area contributed by atoms with Gasteiger partial charge in [-0.3, -0.25) is 0 Å². The van der Waals surface area contributed by atoms with Gasteiger partial charge in [-0.2, -0.15) is 0 Å². The summed E-state index contributed by atoms with van der Waals surface area (Å²) in [6.07, 6.45) is 4.22. The van der Waals surface area contributed by atoms with Crippen LogP contribution in [0, 0.1) is 0 Å². The summed E-state index contributed by atoms with van der Waals surface area (Å²) >= 11 is 0. The number of aromatic nitrogens is 2. The lowest BCUT2D eigenvalue weighted by Crippen LogP contribution is -2.05. The van der Waals surface area contributed by atoms with Gasteiger partial charge in [0.2, 0.25) is 11.7 Å². The molecule has 4 rings (SSSR count). The van der Waals surface area contributed by atoms with E-state index in [1.165, 1.54) is 29.5 Å². The van der Waals surface area contributed by atoms with E-state index >= 15 is 0 Å². The number of nitrogen functional groups attached to an aromatic ring is 1. The first-order valence-electron chi connectivity index (χ1n) is 9.00. The summed E-state index contributed by atoms with van der Waals surface area (Å²) in [7, 11) is 4.75. The normalized spacial score (nSPS) is 12.9. The highest BCUT2D eigenvalue weighted by Crippen LogP contribution is 2.43. The van der Waals surface area contributed by atoms with Crippen LogP contribution in [0.15, 0.2) is 24.3 Å². The van der Waals surface area contributed by atoms with Gasteiger partial charge >= 0.3 is 0 Å². The molecular formula is C21H23N3O3. The van der Waals surface area contributed by atoms with Crippen molar-refractivity contribution in [2.75, 3.05) is 27.1 Å². The van der Waals surface area contributed by atoms with Crippen molar-refractivity contribution in [3.05, 3.63) is 46.6 Å². The molecule has 0 aliphatic heterocycles. The molecule has 0 atom stereocenters. The fraction of sp³-hybridized carbons (Fsp3) is 0.333. The second-order valence-electron chi connectivity index (χ2n) is 6.70. The minimum absolute atomic E-state index is 0.212. The molecular weight excluding hydrogens is 342 g/mol. The van der Waals surface area contributed by atoms with Crippen LogP contribution in [0.3, 0.4) is 0 Å². The Kier molecular flexibility index (Phi) is 4.48. The molecule has 0 spiro atoms. The lowest BCUT2D eigenvalue weighted by Gasteiger charge is -2.16. The molecule has 2 N–H and O–H groups in total. The summed E-state index contributed by atoms with van der Waals surface area (Å²) in [6.45, 7) is 0. The van der Waals surface area contributed by atoms with E-state index < -0.39 is 0 Å². The van der Waals surface area contributed by atoms with Crippen LogP contribution in [-0.2, 0) is 19.3 Å². The Morgan fingerprint density at radius 2 is 1.70 bits per heavy atom. The van der Waals surface area contributed by atoms with Crippen LogP contribution in [0.25, 0.3) is 10.9 Å². The number of nitrogens with two attached hydrogens (primary N) is 1. The van der Waals surface area contributed by atoms with E-state index in [0.717, 1.165) is 17.5 Å². The number of hydrogen-bond donors (Lipinski definition) is 1. The summed E-state index contributed by atoms with van der Waals surface area (Å²) in [4.78, 5) is 8.91. The molecule has 1 aliphatic carbocycles. The molecule has 1 aliphatic rings. The number of methoxy groups -OCH3 is 3. The number of nitrogens with zero attached hydrogens (tertiary/aromatic N) is 2. The number of aryl methyl sites for hydroxylation is 2. The van der Waals surface area contributed by atoms with Gasteiger partial charge in [-0.05, 0) is 42.0 Å². The molecule has 6 heteroatoms. The van der Waals surface area contributed by atoms with Gasteiger partial charge in [0, 0.05) is 11.8 Å². The Balaban J connectivity index is 1.87. The van der Waals surface area contributed by atoms with Crippen LogP contribution in [0.2, 0.25) is 0 Å². The Hall–Kier alpha value is -3.02. The first kappa shape index (κ1) is 17.4. The van der Waals surface area contributed by atoms with Gasteiger partial charge in [0.25, 0.3) is 0 Å². The molecule has 0 amide bonds. The van der Waals surface area contributed by atoms with Crippen molar-refractivity contribution in [3.63, 3.8) is 0 Å². The van der Waals surface area contributed by atoms with E-state index in [0.29, 0.717) is 29.2 Å². The third-order valence-corrected chi connectivity index (χ3v) is 5.13. The van der Waals surface area contributed by atoms with Crippen molar-refractivity contribution < 1.29 is 14.2 Å². The van der Waals surface area contributed by atoms with Crippen molar-refractivity contribution >= 4 is 16.9 Å². The zero-order valence-corrected chi connectivity index (χ0v) is 15.8. The van der Waals surface area contributed by atoms with Crippen LogP contribution >= 0.6 is 0 Å². The molecule has 0 fully saturated rings. The number of fused-ring (bicyclic) bond motifs is 2. The van der Waals surface area contributed by atoms with Crippen molar-refractivity contribution in [1.29, 1.82) is 0 Å². The smallest absolute Gasteiger partial charge is 0.220 e. The maximum Gasteiger partial charge on any atom is 0.220 e. The van der Waals surface area contributed by atoms with E-state index in [1.54, 1.807) is 21.3 Å². The standard InChI is InChI=1S/C21H23N3O3/c1-25-17-11-15-16(10-12-7-8-13-5-4-6-14(13)9-12)23-21(22)24-18(15)20(27-3)19(17)26-2/h7-9,11H,4-6,10H2,1-3H3,(H2,22,23,24). The molecule has 0 radical (unpaired) electrons. The van der Waals surface area contributed by atoms with E-state index in [9.17, 15) is 0 Å². The zero-order valence-electron chi connectivity index (χ0n) is 15.8. The number of rotatable bonds is 5. The van der Waals surface area contributed by atoms with Crippen molar-refractivity contribution in [3.8, 4) is 17.2 Å².